The monoisotopic (exact) mass is 299 g/mol. The minimum Gasteiger partial charge on any atom is -0.317 e. The number of halogens is 2. The van der Waals surface area contributed by atoms with Gasteiger partial charge in [0.1, 0.15) is 5.82 Å². The van der Waals surface area contributed by atoms with E-state index in [0.717, 1.165) is 10.9 Å². The highest BCUT2D eigenvalue weighted by atomic mass is 79.9. The first-order chi connectivity index (χ1) is 8.11. The van der Waals surface area contributed by atoms with Crippen LogP contribution in [-0.2, 0) is 6.42 Å². The number of benzene rings is 1. The van der Waals surface area contributed by atoms with Gasteiger partial charge in [0.25, 0.3) is 0 Å². The molecule has 94 valence electrons. The van der Waals surface area contributed by atoms with Crippen LogP contribution in [0.1, 0.15) is 25.3 Å². The normalized spacial score (nSPS) is 28.6. The third-order valence-corrected chi connectivity index (χ3v) is 4.83. The predicted octanol–water partition coefficient (Wildman–Crippen LogP) is 3.76. The molecule has 3 unspecified atom stereocenters. The molecule has 1 N–H and O–H groups in total. The van der Waals surface area contributed by atoms with E-state index in [9.17, 15) is 4.39 Å². The van der Waals surface area contributed by atoms with Gasteiger partial charge in [-0.3, -0.25) is 0 Å². The van der Waals surface area contributed by atoms with Crippen molar-refractivity contribution < 1.29 is 4.39 Å². The Morgan fingerprint density at radius 1 is 1.41 bits per heavy atom. The van der Waals surface area contributed by atoms with Gasteiger partial charge in [-0.25, -0.2) is 4.39 Å². The Hall–Kier alpha value is -0.410. The van der Waals surface area contributed by atoms with Gasteiger partial charge in [0, 0.05) is 10.5 Å². The molecule has 1 saturated carbocycles. The highest BCUT2D eigenvalue weighted by Gasteiger charge is 2.31. The first-order valence-corrected chi connectivity index (χ1v) is 7.02. The number of nitrogens with one attached hydrogen (secondary N) is 1. The standard InChI is InChI=1S/C14H19BrFN/c1-9-10(4-6-14(9)17-2)7-11-3-5-12(16)8-13(11)15/h3,5,8-10,14,17H,4,6-7H2,1-2H3. The van der Waals surface area contributed by atoms with Gasteiger partial charge >= 0.3 is 0 Å². The van der Waals surface area contributed by atoms with Gasteiger partial charge in [-0.2, -0.15) is 0 Å². The fourth-order valence-electron chi connectivity index (χ4n) is 2.91. The van der Waals surface area contributed by atoms with Crippen LogP contribution in [0.25, 0.3) is 0 Å². The molecule has 0 bridgehead atoms. The molecule has 1 aromatic rings. The molecule has 0 radical (unpaired) electrons. The molecule has 1 aliphatic rings. The SMILES string of the molecule is CNC1CCC(Cc2ccc(F)cc2Br)C1C. The lowest BCUT2D eigenvalue weighted by atomic mass is 9.89. The molecule has 1 aliphatic carbocycles. The highest BCUT2D eigenvalue weighted by Crippen LogP contribution is 2.35. The van der Waals surface area contributed by atoms with Crippen molar-refractivity contribution in [3.8, 4) is 0 Å². The van der Waals surface area contributed by atoms with Crippen LogP contribution in [0.3, 0.4) is 0 Å². The summed E-state index contributed by atoms with van der Waals surface area (Å²) in [5, 5.41) is 3.38. The van der Waals surface area contributed by atoms with Crippen LogP contribution < -0.4 is 5.32 Å². The molecular formula is C14H19BrFN. The second-order valence-electron chi connectivity index (χ2n) is 5.03. The van der Waals surface area contributed by atoms with Gasteiger partial charge in [-0.05, 0) is 55.8 Å². The molecule has 17 heavy (non-hydrogen) atoms. The second-order valence-corrected chi connectivity index (χ2v) is 5.89. The van der Waals surface area contributed by atoms with Crippen LogP contribution >= 0.6 is 15.9 Å². The third-order valence-electron chi connectivity index (χ3n) is 4.09. The Bertz CT molecular complexity index is 394. The Morgan fingerprint density at radius 3 is 2.76 bits per heavy atom. The van der Waals surface area contributed by atoms with Crippen molar-refractivity contribution >= 4 is 15.9 Å². The topological polar surface area (TPSA) is 12.0 Å². The molecule has 1 aromatic carbocycles. The van der Waals surface area contributed by atoms with Crippen molar-refractivity contribution in [1.29, 1.82) is 0 Å². The molecule has 0 aliphatic heterocycles. The van der Waals surface area contributed by atoms with Gasteiger partial charge in [0.05, 0.1) is 0 Å². The molecular weight excluding hydrogens is 281 g/mol. The molecule has 0 aromatic heterocycles. The van der Waals surface area contributed by atoms with Crippen molar-refractivity contribution in [1.82, 2.24) is 5.32 Å². The van der Waals surface area contributed by atoms with Crippen LogP contribution in [0, 0.1) is 17.7 Å². The second kappa shape index (κ2) is 5.49. The summed E-state index contributed by atoms with van der Waals surface area (Å²) in [7, 11) is 2.04. The van der Waals surface area contributed by atoms with Gasteiger partial charge < -0.3 is 5.32 Å². The molecule has 3 atom stereocenters. The molecule has 1 fully saturated rings. The molecule has 2 rings (SSSR count). The van der Waals surface area contributed by atoms with Crippen LogP contribution in [0.5, 0.6) is 0 Å². The summed E-state index contributed by atoms with van der Waals surface area (Å²) in [5.41, 5.74) is 1.22. The van der Waals surface area contributed by atoms with E-state index in [1.165, 1.54) is 18.4 Å². The minimum atomic E-state index is -0.173. The predicted molar refractivity (Wildman–Crippen MR) is 72.5 cm³/mol. The van der Waals surface area contributed by atoms with Crippen molar-refractivity contribution in [2.24, 2.45) is 11.8 Å². The maximum Gasteiger partial charge on any atom is 0.124 e. The van der Waals surface area contributed by atoms with E-state index in [0.29, 0.717) is 17.9 Å². The first kappa shape index (κ1) is 13.0. The van der Waals surface area contributed by atoms with Crippen LogP contribution in [-0.4, -0.2) is 13.1 Å². The van der Waals surface area contributed by atoms with E-state index >= 15 is 0 Å². The summed E-state index contributed by atoms with van der Waals surface area (Å²) < 4.78 is 13.9. The maximum atomic E-state index is 13.0. The zero-order valence-electron chi connectivity index (χ0n) is 10.3. The summed E-state index contributed by atoms with van der Waals surface area (Å²) in [6.07, 6.45) is 3.55. The van der Waals surface area contributed by atoms with E-state index in [4.69, 9.17) is 0 Å². The van der Waals surface area contributed by atoms with Crippen LogP contribution in [0.15, 0.2) is 22.7 Å². The number of hydrogen-bond acceptors (Lipinski definition) is 1. The summed E-state index contributed by atoms with van der Waals surface area (Å²) in [6, 6.07) is 5.65. The minimum absolute atomic E-state index is 0.173. The van der Waals surface area contributed by atoms with Gasteiger partial charge in [0.2, 0.25) is 0 Å². The molecule has 0 spiro atoms. The lowest BCUT2D eigenvalue weighted by molar-refractivity contribution is 0.363. The lowest BCUT2D eigenvalue weighted by Crippen LogP contribution is -2.29. The van der Waals surface area contributed by atoms with Crippen molar-refractivity contribution in [3.05, 3.63) is 34.1 Å². The van der Waals surface area contributed by atoms with Gasteiger partial charge in [-0.15, -0.1) is 0 Å². The fourth-order valence-corrected chi connectivity index (χ4v) is 3.43. The average Bonchev–Trinajstić information content (AvgIpc) is 2.64. The summed E-state index contributed by atoms with van der Waals surface area (Å²) in [6.45, 7) is 2.32. The highest BCUT2D eigenvalue weighted by molar-refractivity contribution is 9.10. The van der Waals surface area contributed by atoms with Gasteiger partial charge in [0.15, 0.2) is 0 Å². The van der Waals surface area contributed by atoms with E-state index in [1.54, 1.807) is 12.1 Å². The van der Waals surface area contributed by atoms with E-state index in [2.05, 4.69) is 28.2 Å². The van der Waals surface area contributed by atoms with E-state index in [-0.39, 0.29) is 5.82 Å². The number of hydrogen-bond donors (Lipinski definition) is 1. The zero-order chi connectivity index (χ0) is 12.4. The Morgan fingerprint density at radius 2 is 2.18 bits per heavy atom. The molecule has 3 heteroatoms. The third kappa shape index (κ3) is 2.89. The summed E-state index contributed by atoms with van der Waals surface area (Å²) in [5.74, 6) is 1.22. The summed E-state index contributed by atoms with van der Waals surface area (Å²) >= 11 is 3.45. The molecule has 0 heterocycles. The van der Waals surface area contributed by atoms with E-state index in [1.807, 2.05) is 13.1 Å². The Kier molecular flexibility index (Phi) is 4.21. The quantitative estimate of drug-likeness (QED) is 0.896. The Labute approximate surface area is 111 Å². The van der Waals surface area contributed by atoms with Crippen LogP contribution in [0.4, 0.5) is 4.39 Å². The van der Waals surface area contributed by atoms with Crippen LogP contribution in [0.2, 0.25) is 0 Å². The maximum absolute atomic E-state index is 13.0. The van der Waals surface area contributed by atoms with Crippen molar-refractivity contribution in [2.75, 3.05) is 7.05 Å². The van der Waals surface area contributed by atoms with Crippen molar-refractivity contribution in [3.63, 3.8) is 0 Å². The van der Waals surface area contributed by atoms with E-state index < -0.39 is 0 Å². The first-order valence-electron chi connectivity index (χ1n) is 6.23. The lowest BCUT2D eigenvalue weighted by Gasteiger charge is -2.20. The smallest absolute Gasteiger partial charge is 0.124 e. The van der Waals surface area contributed by atoms with Crippen molar-refractivity contribution in [2.45, 2.75) is 32.2 Å². The average molecular weight is 300 g/mol. The fraction of sp³-hybridized carbons (Fsp3) is 0.571. The number of rotatable bonds is 3. The molecule has 1 nitrogen and oxygen atoms in total. The molecule has 0 amide bonds. The zero-order valence-corrected chi connectivity index (χ0v) is 11.9. The summed E-state index contributed by atoms with van der Waals surface area (Å²) in [4.78, 5) is 0. The molecule has 0 saturated heterocycles. The Balaban J connectivity index is 2.06. The largest absolute Gasteiger partial charge is 0.317 e. The van der Waals surface area contributed by atoms with Gasteiger partial charge in [-0.1, -0.05) is 28.9 Å².